The summed E-state index contributed by atoms with van der Waals surface area (Å²) in [6, 6.07) is 12.4. The first-order chi connectivity index (χ1) is 12.7. The second-order valence-corrected chi connectivity index (χ2v) is 8.77. The number of nitrogens with one attached hydrogen (secondary N) is 1. The zero-order valence-corrected chi connectivity index (χ0v) is 17.2. The largest absolute Gasteiger partial charge is 0.497 e. The zero-order chi connectivity index (χ0) is 20.1. The third kappa shape index (κ3) is 5.61. The number of hydrogen-bond acceptors (Lipinski definition) is 5. The third-order valence-electron chi connectivity index (χ3n) is 4.04. The lowest BCUT2D eigenvalue weighted by atomic mass is 9.87. The first-order valence-electron chi connectivity index (χ1n) is 8.62. The van der Waals surface area contributed by atoms with Crippen molar-refractivity contribution in [3.05, 3.63) is 48.0 Å². The van der Waals surface area contributed by atoms with Crippen molar-refractivity contribution in [2.75, 3.05) is 27.4 Å². The van der Waals surface area contributed by atoms with E-state index in [-0.39, 0.29) is 29.2 Å². The topological polar surface area (TPSA) is 73.9 Å². The standard InChI is InChI=1S/C20H27NO5S/c1-20(2,3)15-6-8-16(9-7-15)26-13-12-21-27(22,23)19-11-10-17(24-4)14-18(19)25-5/h6-11,14,21H,12-13H2,1-5H3. The lowest BCUT2D eigenvalue weighted by Crippen LogP contribution is -2.28. The van der Waals surface area contributed by atoms with Crippen molar-refractivity contribution in [3.63, 3.8) is 0 Å². The average Bonchev–Trinajstić information content (AvgIpc) is 2.64. The van der Waals surface area contributed by atoms with E-state index >= 15 is 0 Å². The molecule has 0 saturated heterocycles. The molecule has 0 fully saturated rings. The lowest BCUT2D eigenvalue weighted by molar-refractivity contribution is 0.322. The highest BCUT2D eigenvalue weighted by atomic mass is 32.2. The molecule has 0 amide bonds. The Labute approximate surface area is 161 Å². The summed E-state index contributed by atoms with van der Waals surface area (Å²) < 4.78 is 43.4. The summed E-state index contributed by atoms with van der Waals surface area (Å²) in [6.45, 7) is 6.78. The molecule has 0 aliphatic rings. The van der Waals surface area contributed by atoms with Crippen molar-refractivity contribution in [3.8, 4) is 17.2 Å². The predicted molar refractivity (Wildman–Crippen MR) is 105 cm³/mol. The zero-order valence-electron chi connectivity index (χ0n) is 16.4. The molecule has 2 aromatic rings. The van der Waals surface area contributed by atoms with Crippen LogP contribution in [0.2, 0.25) is 0 Å². The summed E-state index contributed by atoms with van der Waals surface area (Å²) >= 11 is 0. The smallest absolute Gasteiger partial charge is 0.244 e. The summed E-state index contributed by atoms with van der Waals surface area (Å²) in [6.07, 6.45) is 0. The Morgan fingerprint density at radius 2 is 1.56 bits per heavy atom. The van der Waals surface area contributed by atoms with E-state index in [1.54, 1.807) is 6.07 Å². The van der Waals surface area contributed by atoms with Crippen LogP contribution >= 0.6 is 0 Å². The van der Waals surface area contributed by atoms with E-state index in [9.17, 15) is 8.42 Å². The van der Waals surface area contributed by atoms with Gasteiger partial charge in [-0.25, -0.2) is 13.1 Å². The van der Waals surface area contributed by atoms with Gasteiger partial charge in [-0.1, -0.05) is 32.9 Å². The Morgan fingerprint density at radius 3 is 2.11 bits per heavy atom. The molecular weight excluding hydrogens is 366 g/mol. The molecule has 0 unspecified atom stereocenters. The minimum Gasteiger partial charge on any atom is -0.497 e. The van der Waals surface area contributed by atoms with E-state index in [0.717, 1.165) is 0 Å². The van der Waals surface area contributed by atoms with Gasteiger partial charge in [0.2, 0.25) is 10.0 Å². The maximum atomic E-state index is 12.5. The van der Waals surface area contributed by atoms with Gasteiger partial charge in [-0.05, 0) is 35.2 Å². The van der Waals surface area contributed by atoms with Gasteiger partial charge in [-0.15, -0.1) is 0 Å². The molecule has 0 atom stereocenters. The normalized spacial score (nSPS) is 11.9. The SMILES string of the molecule is COc1ccc(S(=O)(=O)NCCOc2ccc(C(C)(C)C)cc2)c(OC)c1. The van der Waals surface area contributed by atoms with Crippen LogP contribution in [0.15, 0.2) is 47.4 Å². The van der Waals surface area contributed by atoms with Crippen LogP contribution < -0.4 is 18.9 Å². The van der Waals surface area contributed by atoms with E-state index in [1.165, 1.54) is 31.9 Å². The molecule has 6 nitrogen and oxygen atoms in total. The van der Waals surface area contributed by atoms with Crippen molar-refractivity contribution in [1.82, 2.24) is 4.72 Å². The fraction of sp³-hybridized carbons (Fsp3) is 0.400. The molecule has 0 saturated carbocycles. The van der Waals surface area contributed by atoms with Crippen molar-refractivity contribution in [2.24, 2.45) is 0 Å². The summed E-state index contributed by atoms with van der Waals surface area (Å²) in [4.78, 5) is 0.0559. The monoisotopic (exact) mass is 393 g/mol. The van der Waals surface area contributed by atoms with Crippen LogP contribution in [0.1, 0.15) is 26.3 Å². The molecule has 0 aliphatic carbocycles. The molecule has 148 valence electrons. The van der Waals surface area contributed by atoms with Gasteiger partial charge < -0.3 is 14.2 Å². The van der Waals surface area contributed by atoms with Gasteiger partial charge in [-0.3, -0.25) is 0 Å². The third-order valence-corrected chi connectivity index (χ3v) is 5.54. The lowest BCUT2D eigenvalue weighted by Gasteiger charge is -2.19. The molecule has 27 heavy (non-hydrogen) atoms. The highest BCUT2D eigenvalue weighted by molar-refractivity contribution is 7.89. The first-order valence-corrected chi connectivity index (χ1v) is 10.1. The number of methoxy groups -OCH3 is 2. The molecule has 0 spiro atoms. The Kier molecular flexibility index (Phi) is 6.73. The predicted octanol–water partition coefficient (Wildman–Crippen LogP) is 3.36. The number of sulfonamides is 1. The maximum Gasteiger partial charge on any atom is 0.244 e. The Hall–Kier alpha value is -2.25. The van der Waals surface area contributed by atoms with E-state index in [2.05, 4.69) is 25.5 Å². The molecule has 7 heteroatoms. The molecule has 2 aromatic carbocycles. The van der Waals surface area contributed by atoms with Crippen LogP contribution in [-0.2, 0) is 15.4 Å². The van der Waals surface area contributed by atoms with E-state index in [1.807, 2.05) is 24.3 Å². The molecule has 0 aromatic heterocycles. The molecule has 0 aliphatic heterocycles. The van der Waals surface area contributed by atoms with Crippen LogP contribution in [0.3, 0.4) is 0 Å². The number of benzene rings is 2. The summed E-state index contributed by atoms with van der Waals surface area (Å²) in [5, 5.41) is 0. The molecular formula is C20H27NO5S. The minimum absolute atomic E-state index is 0.0559. The highest BCUT2D eigenvalue weighted by Gasteiger charge is 2.19. The summed E-state index contributed by atoms with van der Waals surface area (Å²) in [7, 11) is -0.798. The molecule has 0 heterocycles. The van der Waals surface area contributed by atoms with E-state index in [4.69, 9.17) is 14.2 Å². The average molecular weight is 394 g/mol. The van der Waals surface area contributed by atoms with Crippen LogP contribution in [0.4, 0.5) is 0 Å². The van der Waals surface area contributed by atoms with Crippen molar-refractivity contribution < 1.29 is 22.6 Å². The highest BCUT2D eigenvalue weighted by Crippen LogP contribution is 2.28. The van der Waals surface area contributed by atoms with Crippen molar-refractivity contribution in [2.45, 2.75) is 31.1 Å². The Bertz CT molecular complexity index is 855. The van der Waals surface area contributed by atoms with Gasteiger partial charge in [0.05, 0.1) is 14.2 Å². The number of ether oxygens (including phenoxy) is 3. The number of hydrogen-bond donors (Lipinski definition) is 1. The van der Waals surface area contributed by atoms with Gasteiger partial charge in [0.15, 0.2) is 0 Å². The maximum absolute atomic E-state index is 12.5. The van der Waals surface area contributed by atoms with Crippen molar-refractivity contribution in [1.29, 1.82) is 0 Å². The van der Waals surface area contributed by atoms with Crippen LogP contribution in [0.25, 0.3) is 0 Å². The summed E-state index contributed by atoms with van der Waals surface area (Å²) in [5.41, 5.74) is 1.29. The van der Waals surface area contributed by atoms with Gasteiger partial charge in [0, 0.05) is 12.6 Å². The van der Waals surface area contributed by atoms with Crippen LogP contribution in [0, 0.1) is 0 Å². The fourth-order valence-corrected chi connectivity index (χ4v) is 3.63. The second kappa shape index (κ2) is 8.63. The Balaban J connectivity index is 1.94. The van der Waals surface area contributed by atoms with Gasteiger partial charge in [0.25, 0.3) is 0 Å². The van der Waals surface area contributed by atoms with Gasteiger partial charge in [-0.2, -0.15) is 0 Å². The summed E-state index contributed by atoms with van der Waals surface area (Å²) in [5.74, 6) is 1.44. The van der Waals surface area contributed by atoms with E-state index in [0.29, 0.717) is 11.5 Å². The molecule has 0 bridgehead atoms. The van der Waals surface area contributed by atoms with E-state index < -0.39 is 10.0 Å². The fourth-order valence-electron chi connectivity index (χ4n) is 2.47. The number of rotatable bonds is 8. The Morgan fingerprint density at radius 1 is 0.926 bits per heavy atom. The minimum atomic E-state index is -3.72. The van der Waals surface area contributed by atoms with Gasteiger partial charge >= 0.3 is 0 Å². The molecule has 2 rings (SSSR count). The molecule has 0 radical (unpaired) electrons. The van der Waals surface area contributed by atoms with Crippen LogP contribution in [0.5, 0.6) is 17.2 Å². The van der Waals surface area contributed by atoms with Gasteiger partial charge in [0.1, 0.15) is 28.8 Å². The van der Waals surface area contributed by atoms with Crippen molar-refractivity contribution >= 4 is 10.0 Å². The first kappa shape index (κ1) is 21.1. The second-order valence-electron chi connectivity index (χ2n) is 7.04. The van der Waals surface area contributed by atoms with Crippen LogP contribution in [-0.4, -0.2) is 35.8 Å². The molecule has 1 N–H and O–H groups in total. The quantitative estimate of drug-likeness (QED) is 0.696.